The van der Waals surface area contributed by atoms with Crippen LogP contribution in [-0.4, -0.2) is 70.0 Å². The van der Waals surface area contributed by atoms with Crippen molar-refractivity contribution < 1.29 is 42.1 Å². The van der Waals surface area contributed by atoms with E-state index in [1.165, 1.54) is 154 Å². The van der Waals surface area contributed by atoms with Crippen LogP contribution in [0.1, 0.15) is 239 Å². The fraction of sp³-hybridized carbons (Fsp3) is 0.918. The maximum absolute atomic E-state index is 12.7. The van der Waals surface area contributed by atoms with Crippen molar-refractivity contribution in [2.75, 3.05) is 47.5 Å². The van der Waals surface area contributed by atoms with Gasteiger partial charge in [-0.2, -0.15) is 0 Å². The highest BCUT2D eigenvalue weighted by atomic mass is 31.2. The number of esters is 2. The molecule has 10 heteroatoms. The average molecular weight is 858 g/mol. The van der Waals surface area contributed by atoms with Gasteiger partial charge in [0.15, 0.2) is 6.10 Å². The van der Waals surface area contributed by atoms with Crippen LogP contribution in [0.2, 0.25) is 0 Å². The van der Waals surface area contributed by atoms with Gasteiger partial charge in [-0.05, 0) is 38.5 Å². The molecule has 2 atom stereocenters. The molecule has 0 fully saturated rings. The Morgan fingerprint density at radius 2 is 0.864 bits per heavy atom. The normalized spacial score (nSPS) is 13.5. The van der Waals surface area contributed by atoms with Crippen molar-refractivity contribution in [2.45, 2.75) is 245 Å². The van der Waals surface area contributed by atoms with E-state index in [9.17, 15) is 19.0 Å². The van der Waals surface area contributed by atoms with Crippen molar-refractivity contribution >= 4 is 19.8 Å². The summed E-state index contributed by atoms with van der Waals surface area (Å²) in [6.07, 6.45) is 45.3. The number of nitrogens with zero attached hydrogens (tertiary/aromatic N) is 1. The Labute approximate surface area is 365 Å². The lowest BCUT2D eigenvalue weighted by atomic mass is 10.0. The van der Waals surface area contributed by atoms with E-state index in [1.54, 1.807) is 0 Å². The highest BCUT2D eigenvalue weighted by Crippen LogP contribution is 2.38. The van der Waals surface area contributed by atoms with Crippen LogP contribution in [0.25, 0.3) is 0 Å². The van der Waals surface area contributed by atoms with Crippen LogP contribution in [0.15, 0.2) is 12.2 Å². The zero-order valence-corrected chi connectivity index (χ0v) is 40.4. The van der Waals surface area contributed by atoms with Crippen LogP contribution in [0, 0.1) is 0 Å². The van der Waals surface area contributed by atoms with E-state index < -0.39 is 26.5 Å². The summed E-state index contributed by atoms with van der Waals surface area (Å²) in [7, 11) is 1.17. The average Bonchev–Trinajstić information content (AvgIpc) is 3.19. The van der Waals surface area contributed by atoms with Crippen molar-refractivity contribution in [3.8, 4) is 0 Å². The fourth-order valence-electron chi connectivity index (χ4n) is 7.12. The van der Waals surface area contributed by atoms with Gasteiger partial charge in [0.25, 0.3) is 7.82 Å². The van der Waals surface area contributed by atoms with Gasteiger partial charge in [-0.1, -0.05) is 199 Å². The van der Waals surface area contributed by atoms with Crippen molar-refractivity contribution in [3.63, 3.8) is 0 Å². The molecule has 0 aromatic carbocycles. The number of phosphoric acid groups is 1. The van der Waals surface area contributed by atoms with E-state index in [0.717, 1.165) is 51.4 Å². The molecule has 0 aliphatic carbocycles. The number of rotatable bonds is 46. The number of likely N-dealkylation sites (N-methyl/N-ethyl adjacent to an activating group) is 1. The number of phosphoric ester groups is 1. The minimum atomic E-state index is -4.62. The highest BCUT2D eigenvalue weighted by molar-refractivity contribution is 7.45. The number of unbranched alkanes of at least 4 members (excludes halogenated alkanes) is 30. The molecule has 0 rings (SSSR count). The van der Waals surface area contributed by atoms with Gasteiger partial charge in [0.05, 0.1) is 27.7 Å². The third-order valence-corrected chi connectivity index (χ3v) is 12.0. The third kappa shape index (κ3) is 46.1. The zero-order valence-electron chi connectivity index (χ0n) is 39.5. The molecule has 0 aliphatic rings. The monoisotopic (exact) mass is 858 g/mol. The Morgan fingerprint density at radius 3 is 1.25 bits per heavy atom. The first-order valence-electron chi connectivity index (χ1n) is 24.9. The summed E-state index contributed by atoms with van der Waals surface area (Å²) >= 11 is 0. The lowest BCUT2D eigenvalue weighted by molar-refractivity contribution is -0.870. The second-order valence-electron chi connectivity index (χ2n) is 18.2. The molecule has 0 heterocycles. The van der Waals surface area contributed by atoms with Crippen molar-refractivity contribution in [1.82, 2.24) is 0 Å². The SMILES string of the molecule is CCCCCCC/C=C/CCCCCCCC(=O)O[C@@H](COC(=O)CCCCCCCCCCCCCCCCCCCCCCC)COP(=O)([O-])OCC[N+](C)(C)C. The Balaban J connectivity index is 4.20. The summed E-state index contributed by atoms with van der Waals surface area (Å²) in [5.74, 6) is -0.831. The van der Waals surface area contributed by atoms with E-state index in [-0.39, 0.29) is 32.0 Å². The molecule has 0 spiro atoms. The first-order chi connectivity index (χ1) is 28.5. The topological polar surface area (TPSA) is 111 Å². The third-order valence-electron chi connectivity index (χ3n) is 11.0. The predicted molar refractivity (Wildman–Crippen MR) is 245 cm³/mol. The second-order valence-corrected chi connectivity index (χ2v) is 19.6. The Morgan fingerprint density at radius 1 is 0.508 bits per heavy atom. The molecule has 0 aliphatic heterocycles. The van der Waals surface area contributed by atoms with Crippen LogP contribution in [0.5, 0.6) is 0 Å². The summed E-state index contributed by atoms with van der Waals surface area (Å²) in [5, 5.41) is 0. The van der Waals surface area contributed by atoms with Gasteiger partial charge in [0.1, 0.15) is 19.8 Å². The number of ether oxygens (including phenoxy) is 2. The van der Waals surface area contributed by atoms with Crippen LogP contribution in [0.4, 0.5) is 0 Å². The molecule has 0 saturated heterocycles. The number of hydrogen-bond acceptors (Lipinski definition) is 8. The molecular weight excluding hydrogens is 762 g/mol. The molecular formula is C49H96NO8P. The first-order valence-corrected chi connectivity index (χ1v) is 26.4. The molecule has 0 aromatic rings. The molecule has 1 unspecified atom stereocenters. The van der Waals surface area contributed by atoms with Crippen LogP contribution in [-0.2, 0) is 32.7 Å². The van der Waals surface area contributed by atoms with E-state index in [1.807, 2.05) is 21.1 Å². The maximum Gasteiger partial charge on any atom is 0.306 e. The zero-order chi connectivity index (χ0) is 43.6. The van der Waals surface area contributed by atoms with Crippen LogP contribution < -0.4 is 4.89 Å². The Bertz CT molecular complexity index is 1020. The summed E-state index contributed by atoms with van der Waals surface area (Å²) in [4.78, 5) is 37.6. The summed E-state index contributed by atoms with van der Waals surface area (Å²) < 4.78 is 34.0. The lowest BCUT2D eigenvalue weighted by Gasteiger charge is -2.28. The Hall–Kier alpha value is -1.25. The van der Waals surface area contributed by atoms with Crippen LogP contribution >= 0.6 is 7.82 Å². The number of quaternary nitrogens is 1. The maximum atomic E-state index is 12.7. The minimum Gasteiger partial charge on any atom is -0.756 e. The van der Waals surface area contributed by atoms with E-state index in [0.29, 0.717) is 17.4 Å². The van der Waals surface area contributed by atoms with Gasteiger partial charge in [0, 0.05) is 12.8 Å². The summed E-state index contributed by atoms with van der Waals surface area (Å²) in [5.41, 5.74) is 0. The smallest absolute Gasteiger partial charge is 0.306 e. The molecule has 0 bridgehead atoms. The van der Waals surface area contributed by atoms with E-state index in [2.05, 4.69) is 26.0 Å². The fourth-order valence-corrected chi connectivity index (χ4v) is 7.85. The van der Waals surface area contributed by atoms with Gasteiger partial charge >= 0.3 is 11.9 Å². The second kappa shape index (κ2) is 42.1. The van der Waals surface area contributed by atoms with Crippen molar-refractivity contribution in [2.24, 2.45) is 0 Å². The summed E-state index contributed by atoms with van der Waals surface area (Å²) in [6, 6.07) is 0. The first kappa shape index (κ1) is 57.8. The quantitative estimate of drug-likeness (QED) is 0.0196. The van der Waals surface area contributed by atoms with Gasteiger partial charge in [-0.15, -0.1) is 0 Å². The van der Waals surface area contributed by atoms with E-state index >= 15 is 0 Å². The molecule has 0 N–H and O–H groups in total. The van der Waals surface area contributed by atoms with Gasteiger partial charge in [0.2, 0.25) is 0 Å². The molecule has 0 radical (unpaired) electrons. The van der Waals surface area contributed by atoms with Crippen molar-refractivity contribution in [1.29, 1.82) is 0 Å². The number of carbonyl (C=O) groups excluding carboxylic acids is 2. The minimum absolute atomic E-state index is 0.0291. The number of carbonyl (C=O) groups is 2. The van der Waals surface area contributed by atoms with Gasteiger partial charge < -0.3 is 27.9 Å². The van der Waals surface area contributed by atoms with Crippen LogP contribution in [0.3, 0.4) is 0 Å². The largest absolute Gasteiger partial charge is 0.756 e. The Kier molecular flexibility index (Phi) is 41.2. The van der Waals surface area contributed by atoms with Gasteiger partial charge in [-0.3, -0.25) is 14.2 Å². The molecule has 9 nitrogen and oxygen atoms in total. The van der Waals surface area contributed by atoms with Crippen molar-refractivity contribution in [3.05, 3.63) is 12.2 Å². The number of allylic oxidation sites excluding steroid dienone is 2. The molecule has 0 aromatic heterocycles. The molecule has 350 valence electrons. The molecule has 0 saturated carbocycles. The summed E-state index contributed by atoms with van der Waals surface area (Å²) in [6.45, 7) is 4.25. The molecule has 59 heavy (non-hydrogen) atoms. The number of hydrogen-bond donors (Lipinski definition) is 0. The molecule has 0 amide bonds. The van der Waals surface area contributed by atoms with E-state index in [4.69, 9.17) is 18.5 Å². The highest BCUT2D eigenvalue weighted by Gasteiger charge is 2.21. The predicted octanol–water partition coefficient (Wildman–Crippen LogP) is 13.9. The lowest BCUT2D eigenvalue weighted by Crippen LogP contribution is -2.37. The van der Waals surface area contributed by atoms with Gasteiger partial charge in [-0.25, -0.2) is 0 Å². The standard InChI is InChI=1S/C49H96NO8P/c1-6-8-10-12-14-16-18-20-22-23-24-25-26-27-28-30-31-33-35-37-39-41-48(51)55-45-47(46-57-59(53,54)56-44-43-50(3,4)5)58-49(52)42-40-38-36-34-32-29-21-19-17-15-13-11-9-7-2/h19,21,47H,6-18,20,22-46H2,1-5H3/b21-19+/t47-/m0/s1.